The molecule has 1 aromatic carbocycles. The Hall–Kier alpha value is -1.96. The van der Waals surface area contributed by atoms with Crippen LogP contribution in [0.5, 0.6) is 5.75 Å². The summed E-state index contributed by atoms with van der Waals surface area (Å²) in [5.74, 6) is -0.0671. The summed E-state index contributed by atoms with van der Waals surface area (Å²) in [6.45, 7) is 3.15. The summed E-state index contributed by atoms with van der Waals surface area (Å²) >= 11 is 0. The van der Waals surface area contributed by atoms with Crippen LogP contribution in [0.25, 0.3) is 0 Å². The lowest BCUT2D eigenvalue weighted by atomic mass is 9.92. The molecule has 0 aliphatic carbocycles. The first-order chi connectivity index (χ1) is 10.7. The molecule has 0 radical (unpaired) electrons. The second-order valence-corrected chi connectivity index (χ2v) is 5.71. The van der Waals surface area contributed by atoms with Crippen molar-refractivity contribution in [3.05, 3.63) is 24.3 Å². The van der Waals surface area contributed by atoms with Crippen LogP contribution in [0.4, 0.5) is 23.7 Å². The minimum absolute atomic E-state index is 0.0180. The lowest BCUT2D eigenvalue weighted by Crippen LogP contribution is -2.46. The molecule has 0 bridgehead atoms. The molecule has 2 unspecified atom stereocenters. The molecule has 1 saturated heterocycles. The molecule has 128 valence electrons. The summed E-state index contributed by atoms with van der Waals surface area (Å²) in [5.41, 5.74) is 6.29. The molecule has 0 aromatic heterocycles. The van der Waals surface area contributed by atoms with Crippen molar-refractivity contribution in [3.63, 3.8) is 0 Å². The molecule has 1 aliphatic heterocycles. The highest BCUT2D eigenvalue weighted by molar-refractivity contribution is 5.89. The number of hydrogen-bond donors (Lipinski definition) is 2. The fraction of sp³-hybridized carbons (Fsp3) is 0.533. The van der Waals surface area contributed by atoms with Crippen molar-refractivity contribution in [2.75, 3.05) is 18.4 Å². The Bertz CT molecular complexity index is 532. The Morgan fingerprint density at radius 2 is 2.04 bits per heavy atom. The molecular weight excluding hydrogens is 311 g/mol. The highest BCUT2D eigenvalue weighted by Gasteiger charge is 2.31. The number of likely N-dealkylation sites (tertiary alicyclic amines) is 1. The van der Waals surface area contributed by atoms with Crippen molar-refractivity contribution < 1.29 is 22.7 Å². The Morgan fingerprint density at radius 1 is 1.39 bits per heavy atom. The average molecular weight is 331 g/mol. The van der Waals surface area contributed by atoms with E-state index in [0.29, 0.717) is 18.8 Å². The number of nitrogens with two attached hydrogens (primary N) is 1. The van der Waals surface area contributed by atoms with Crippen molar-refractivity contribution >= 4 is 11.7 Å². The Balaban J connectivity index is 1.92. The minimum Gasteiger partial charge on any atom is -0.406 e. The number of urea groups is 1. The fourth-order valence-corrected chi connectivity index (χ4v) is 2.57. The summed E-state index contributed by atoms with van der Waals surface area (Å²) < 4.78 is 40.0. The number of nitrogens with one attached hydrogen (secondary N) is 1. The second kappa shape index (κ2) is 7.08. The standard InChI is InChI=1S/C15H20F3N3O2/c1-10(19)11-3-2-8-21(9-11)14(22)20-12-4-6-13(7-5-12)23-15(16,17)18/h4-7,10-11H,2-3,8-9,19H2,1H3,(H,20,22). The third-order valence-corrected chi connectivity index (χ3v) is 3.83. The van der Waals surface area contributed by atoms with E-state index in [1.807, 2.05) is 6.92 Å². The number of carbonyl (C=O) groups excluding carboxylic acids is 1. The number of hydrogen-bond acceptors (Lipinski definition) is 3. The van der Waals surface area contributed by atoms with Crippen LogP contribution in [0.15, 0.2) is 24.3 Å². The van der Waals surface area contributed by atoms with Gasteiger partial charge in [0.2, 0.25) is 0 Å². The number of alkyl halides is 3. The second-order valence-electron chi connectivity index (χ2n) is 5.71. The Kier molecular flexibility index (Phi) is 5.35. The number of carbonyl (C=O) groups is 1. The molecule has 2 amide bonds. The van der Waals surface area contributed by atoms with Crippen LogP contribution >= 0.6 is 0 Å². The van der Waals surface area contributed by atoms with Gasteiger partial charge in [-0.25, -0.2) is 4.79 Å². The van der Waals surface area contributed by atoms with Gasteiger partial charge < -0.3 is 20.7 Å². The van der Waals surface area contributed by atoms with Crippen molar-refractivity contribution in [3.8, 4) is 5.75 Å². The molecule has 1 aliphatic rings. The van der Waals surface area contributed by atoms with Gasteiger partial charge in [0.05, 0.1) is 0 Å². The molecule has 3 N–H and O–H groups in total. The minimum atomic E-state index is -4.73. The van der Waals surface area contributed by atoms with Crippen molar-refractivity contribution in [1.82, 2.24) is 4.90 Å². The van der Waals surface area contributed by atoms with E-state index in [9.17, 15) is 18.0 Å². The molecule has 23 heavy (non-hydrogen) atoms. The summed E-state index contributed by atoms with van der Waals surface area (Å²) in [6.07, 6.45) is -2.85. The Morgan fingerprint density at radius 3 is 2.61 bits per heavy atom. The maximum atomic E-state index is 12.2. The van der Waals surface area contributed by atoms with E-state index in [2.05, 4.69) is 10.1 Å². The zero-order valence-corrected chi connectivity index (χ0v) is 12.8. The largest absolute Gasteiger partial charge is 0.573 e. The SMILES string of the molecule is CC(N)C1CCCN(C(=O)Nc2ccc(OC(F)(F)F)cc2)C1. The van der Waals surface area contributed by atoms with Crippen LogP contribution in [0.3, 0.4) is 0 Å². The van der Waals surface area contributed by atoms with E-state index in [1.165, 1.54) is 12.1 Å². The first-order valence-corrected chi connectivity index (χ1v) is 7.42. The van der Waals surface area contributed by atoms with E-state index in [0.717, 1.165) is 25.0 Å². The van der Waals surface area contributed by atoms with Crippen LogP contribution < -0.4 is 15.8 Å². The van der Waals surface area contributed by atoms with Crippen molar-refractivity contribution in [1.29, 1.82) is 0 Å². The third-order valence-electron chi connectivity index (χ3n) is 3.83. The van der Waals surface area contributed by atoms with Crippen LogP contribution in [0, 0.1) is 5.92 Å². The third kappa shape index (κ3) is 5.31. The first kappa shape index (κ1) is 17.4. The zero-order valence-electron chi connectivity index (χ0n) is 12.8. The van der Waals surface area contributed by atoms with Crippen LogP contribution in [-0.2, 0) is 0 Å². The number of nitrogens with zero attached hydrogens (tertiary/aromatic N) is 1. The van der Waals surface area contributed by atoms with Gasteiger partial charge in [0, 0.05) is 24.8 Å². The number of anilines is 1. The number of piperidine rings is 1. The van der Waals surface area contributed by atoms with Crippen molar-refractivity contribution in [2.24, 2.45) is 11.7 Å². The van der Waals surface area contributed by atoms with Gasteiger partial charge in [0.25, 0.3) is 0 Å². The molecular formula is C15H20F3N3O2. The number of amides is 2. The highest BCUT2D eigenvalue weighted by atomic mass is 19.4. The average Bonchev–Trinajstić information content (AvgIpc) is 2.48. The lowest BCUT2D eigenvalue weighted by molar-refractivity contribution is -0.274. The predicted octanol–water partition coefficient (Wildman–Crippen LogP) is 3.18. The molecule has 0 saturated carbocycles. The van der Waals surface area contributed by atoms with Crippen molar-refractivity contribution in [2.45, 2.75) is 32.2 Å². The first-order valence-electron chi connectivity index (χ1n) is 7.42. The molecule has 2 rings (SSSR count). The summed E-state index contributed by atoms with van der Waals surface area (Å²) in [7, 11) is 0. The molecule has 1 heterocycles. The van der Waals surface area contributed by atoms with Crippen LogP contribution in [0.2, 0.25) is 0 Å². The van der Waals surface area contributed by atoms with E-state index < -0.39 is 6.36 Å². The van der Waals surface area contributed by atoms with Crippen LogP contribution in [-0.4, -0.2) is 36.4 Å². The predicted molar refractivity (Wildman–Crippen MR) is 80.1 cm³/mol. The van der Waals surface area contributed by atoms with Gasteiger partial charge >= 0.3 is 12.4 Å². The monoisotopic (exact) mass is 331 g/mol. The van der Waals surface area contributed by atoms with E-state index >= 15 is 0 Å². The molecule has 8 heteroatoms. The molecule has 1 aromatic rings. The maximum absolute atomic E-state index is 12.2. The topological polar surface area (TPSA) is 67.6 Å². The van der Waals surface area contributed by atoms with Gasteiger partial charge in [0.15, 0.2) is 0 Å². The van der Waals surface area contributed by atoms with Gasteiger partial charge in [-0.2, -0.15) is 0 Å². The normalized spacial score (nSPS) is 20.0. The summed E-state index contributed by atoms with van der Waals surface area (Å²) in [6, 6.07) is 4.79. The highest BCUT2D eigenvalue weighted by Crippen LogP contribution is 2.24. The van der Waals surface area contributed by atoms with E-state index in [4.69, 9.17) is 5.73 Å². The molecule has 1 fully saturated rings. The van der Waals surface area contributed by atoms with Gasteiger partial charge in [-0.05, 0) is 49.9 Å². The van der Waals surface area contributed by atoms with E-state index in [-0.39, 0.29) is 23.7 Å². The van der Waals surface area contributed by atoms with Gasteiger partial charge in [0.1, 0.15) is 5.75 Å². The number of halogens is 3. The quantitative estimate of drug-likeness (QED) is 0.894. The number of rotatable bonds is 3. The number of ether oxygens (including phenoxy) is 1. The fourth-order valence-electron chi connectivity index (χ4n) is 2.57. The summed E-state index contributed by atoms with van der Waals surface area (Å²) in [4.78, 5) is 13.9. The molecule has 2 atom stereocenters. The van der Waals surface area contributed by atoms with Crippen LogP contribution in [0.1, 0.15) is 19.8 Å². The zero-order chi connectivity index (χ0) is 17.0. The molecule has 0 spiro atoms. The van der Waals surface area contributed by atoms with Gasteiger partial charge in [-0.1, -0.05) is 0 Å². The maximum Gasteiger partial charge on any atom is 0.573 e. The molecule has 5 nitrogen and oxygen atoms in total. The smallest absolute Gasteiger partial charge is 0.406 e. The van der Waals surface area contributed by atoms with Gasteiger partial charge in [-0.3, -0.25) is 0 Å². The Labute approximate surface area is 132 Å². The van der Waals surface area contributed by atoms with Gasteiger partial charge in [-0.15, -0.1) is 13.2 Å². The summed E-state index contributed by atoms with van der Waals surface area (Å²) in [5, 5.41) is 2.67. The van der Waals surface area contributed by atoms with E-state index in [1.54, 1.807) is 4.90 Å². The number of benzene rings is 1. The lowest BCUT2D eigenvalue weighted by Gasteiger charge is -2.34.